The number of nitrogens with zero attached hydrogens (tertiary/aromatic N) is 1. The lowest BCUT2D eigenvalue weighted by atomic mass is 10.0. The predicted molar refractivity (Wildman–Crippen MR) is 96.9 cm³/mol. The van der Waals surface area contributed by atoms with Crippen molar-refractivity contribution in [3.63, 3.8) is 0 Å². The van der Waals surface area contributed by atoms with E-state index in [9.17, 15) is 9.59 Å². The molecule has 6 nitrogen and oxygen atoms in total. The van der Waals surface area contributed by atoms with E-state index < -0.39 is 5.91 Å². The second kappa shape index (κ2) is 5.76. The minimum absolute atomic E-state index is 0.174. The van der Waals surface area contributed by atoms with Gasteiger partial charge in [0.2, 0.25) is 5.91 Å². The fraction of sp³-hybridized carbons (Fsp3) is 0. The van der Waals surface area contributed by atoms with E-state index in [1.807, 2.05) is 24.3 Å². The average molecular weight is 330 g/mol. The summed E-state index contributed by atoms with van der Waals surface area (Å²) in [5.74, 6) is -0.652. The van der Waals surface area contributed by atoms with Gasteiger partial charge in [-0.3, -0.25) is 14.6 Å². The summed E-state index contributed by atoms with van der Waals surface area (Å²) in [6.07, 6.45) is 3.38. The molecule has 2 aromatic carbocycles. The van der Waals surface area contributed by atoms with Crippen LogP contribution in [0.1, 0.15) is 15.9 Å². The van der Waals surface area contributed by atoms with Crippen molar-refractivity contribution in [2.75, 3.05) is 10.6 Å². The zero-order chi connectivity index (χ0) is 17.4. The van der Waals surface area contributed by atoms with Crippen molar-refractivity contribution in [1.82, 2.24) is 4.98 Å². The van der Waals surface area contributed by atoms with Crippen LogP contribution >= 0.6 is 0 Å². The molecule has 0 spiro atoms. The van der Waals surface area contributed by atoms with Gasteiger partial charge < -0.3 is 16.4 Å². The number of nitrogens with two attached hydrogens (primary N) is 1. The zero-order valence-electron chi connectivity index (χ0n) is 13.1. The van der Waals surface area contributed by atoms with Gasteiger partial charge >= 0.3 is 0 Å². The Morgan fingerprint density at radius 2 is 1.92 bits per heavy atom. The molecule has 4 rings (SSSR count). The number of rotatable bonds is 3. The van der Waals surface area contributed by atoms with Crippen LogP contribution in [0.2, 0.25) is 0 Å². The lowest BCUT2D eigenvalue weighted by molar-refractivity contribution is -0.110. The van der Waals surface area contributed by atoms with Crippen LogP contribution in [0.5, 0.6) is 0 Å². The van der Waals surface area contributed by atoms with Gasteiger partial charge in [-0.05, 0) is 42.5 Å². The maximum absolute atomic E-state index is 12.3. The third kappa shape index (κ3) is 2.59. The fourth-order valence-electron chi connectivity index (χ4n) is 2.87. The Hall–Kier alpha value is -3.67. The number of carbonyl (C=O) groups is 2. The molecule has 0 atom stereocenters. The number of pyridine rings is 1. The van der Waals surface area contributed by atoms with Crippen LogP contribution in [-0.4, -0.2) is 16.8 Å². The zero-order valence-corrected chi connectivity index (χ0v) is 13.1. The Bertz CT molecular complexity index is 1040. The first-order valence-corrected chi connectivity index (χ1v) is 7.69. The number of carbonyl (C=O) groups excluding carboxylic acids is 2. The topological polar surface area (TPSA) is 97.1 Å². The van der Waals surface area contributed by atoms with E-state index in [-0.39, 0.29) is 5.91 Å². The van der Waals surface area contributed by atoms with Gasteiger partial charge in [0.25, 0.3) is 5.91 Å². The molecule has 0 aliphatic carbocycles. The van der Waals surface area contributed by atoms with Gasteiger partial charge in [-0.25, -0.2) is 0 Å². The molecule has 1 aromatic heterocycles. The molecule has 25 heavy (non-hydrogen) atoms. The molecule has 4 N–H and O–H groups in total. The van der Waals surface area contributed by atoms with Gasteiger partial charge in [0, 0.05) is 40.3 Å². The van der Waals surface area contributed by atoms with Crippen molar-refractivity contribution in [2.45, 2.75) is 0 Å². The van der Waals surface area contributed by atoms with Gasteiger partial charge in [0.05, 0.1) is 11.1 Å². The van der Waals surface area contributed by atoms with Crippen LogP contribution in [0, 0.1) is 0 Å². The van der Waals surface area contributed by atoms with Gasteiger partial charge in [-0.1, -0.05) is 6.07 Å². The monoisotopic (exact) mass is 330 g/mol. The third-order valence-electron chi connectivity index (χ3n) is 4.10. The fourth-order valence-corrected chi connectivity index (χ4v) is 2.87. The highest BCUT2D eigenvalue weighted by Crippen LogP contribution is 2.36. The molecule has 0 saturated carbocycles. The number of amides is 2. The number of anilines is 2. The van der Waals surface area contributed by atoms with Crippen LogP contribution < -0.4 is 16.4 Å². The molecule has 2 heterocycles. The number of hydrogen-bond donors (Lipinski definition) is 3. The van der Waals surface area contributed by atoms with Crippen LogP contribution in [0.3, 0.4) is 0 Å². The molecule has 1 aliphatic rings. The molecule has 0 radical (unpaired) electrons. The largest absolute Gasteiger partial charge is 0.366 e. The van der Waals surface area contributed by atoms with E-state index in [1.165, 1.54) is 0 Å². The minimum Gasteiger partial charge on any atom is -0.366 e. The summed E-state index contributed by atoms with van der Waals surface area (Å²) in [5.41, 5.74) is 9.37. The van der Waals surface area contributed by atoms with Gasteiger partial charge in [0.1, 0.15) is 0 Å². The molecule has 0 bridgehead atoms. The van der Waals surface area contributed by atoms with E-state index in [2.05, 4.69) is 15.6 Å². The summed E-state index contributed by atoms with van der Waals surface area (Å²) < 4.78 is 0. The molecule has 6 heteroatoms. The number of primary amides is 1. The van der Waals surface area contributed by atoms with Crippen molar-refractivity contribution >= 4 is 39.7 Å². The van der Waals surface area contributed by atoms with Crippen molar-refractivity contribution in [3.8, 4) is 0 Å². The molecule has 0 saturated heterocycles. The van der Waals surface area contributed by atoms with Crippen molar-refractivity contribution in [3.05, 3.63) is 72.1 Å². The smallest absolute Gasteiger partial charge is 0.257 e. The minimum atomic E-state index is -0.479. The summed E-state index contributed by atoms with van der Waals surface area (Å²) in [7, 11) is 0. The molecular weight excluding hydrogens is 316 g/mol. The van der Waals surface area contributed by atoms with Crippen LogP contribution in [0.25, 0.3) is 16.5 Å². The highest BCUT2D eigenvalue weighted by atomic mass is 16.2. The second-order valence-corrected chi connectivity index (χ2v) is 5.66. The van der Waals surface area contributed by atoms with E-state index in [0.717, 1.165) is 27.8 Å². The number of nitrogens with one attached hydrogen (secondary N) is 2. The van der Waals surface area contributed by atoms with Crippen LogP contribution in [-0.2, 0) is 4.79 Å². The number of aromatic nitrogens is 1. The quantitative estimate of drug-likeness (QED) is 0.643. The summed E-state index contributed by atoms with van der Waals surface area (Å²) in [6.45, 7) is 0. The number of hydrogen-bond acceptors (Lipinski definition) is 4. The van der Waals surface area contributed by atoms with Crippen molar-refractivity contribution in [2.24, 2.45) is 5.73 Å². The summed E-state index contributed by atoms with van der Waals surface area (Å²) in [6, 6.07) is 14.2. The molecule has 3 aromatic rings. The molecular formula is C19H14N4O2. The van der Waals surface area contributed by atoms with Crippen LogP contribution in [0.4, 0.5) is 11.4 Å². The summed E-state index contributed by atoms with van der Waals surface area (Å²) in [4.78, 5) is 27.8. The molecule has 122 valence electrons. The molecule has 0 fully saturated rings. The normalized spacial score (nSPS) is 14.4. The third-order valence-corrected chi connectivity index (χ3v) is 4.10. The summed E-state index contributed by atoms with van der Waals surface area (Å²) >= 11 is 0. The Balaban J connectivity index is 1.72. The maximum atomic E-state index is 12.3. The SMILES string of the molecule is NC(=O)c1ccc(N/C=C2\C(=O)Nc3ccc4ncccc4c32)cc1. The lowest BCUT2D eigenvalue weighted by Gasteiger charge is -2.06. The second-order valence-electron chi connectivity index (χ2n) is 5.66. The van der Waals surface area contributed by atoms with Gasteiger partial charge in [-0.15, -0.1) is 0 Å². The lowest BCUT2D eigenvalue weighted by Crippen LogP contribution is -2.10. The predicted octanol–water partition coefficient (Wildman–Crippen LogP) is 2.74. The number of benzene rings is 2. The maximum Gasteiger partial charge on any atom is 0.257 e. The van der Waals surface area contributed by atoms with Gasteiger partial charge in [-0.2, -0.15) is 0 Å². The first-order chi connectivity index (χ1) is 12.1. The highest BCUT2D eigenvalue weighted by Gasteiger charge is 2.26. The Morgan fingerprint density at radius 1 is 1.12 bits per heavy atom. The van der Waals surface area contributed by atoms with E-state index in [1.54, 1.807) is 36.7 Å². The Labute approximate surface area is 143 Å². The standard InChI is InChI=1S/C19H14N4O2/c20-18(24)11-3-5-12(6-4-11)22-10-14-17-13-2-1-9-21-15(13)7-8-16(17)23-19(14)25/h1-10,22H,(H2,20,24)(H,23,25)/b14-10-. The van der Waals surface area contributed by atoms with Crippen molar-refractivity contribution < 1.29 is 9.59 Å². The first-order valence-electron chi connectivity index (χ1n) is 7.69. The highest BCUT2D eigenvalue weighted by molar-refractivity contribution is 6.34. The number of fused-ring (bicyclic) bond motifs is 3. The summed E-state index contributed by atoms with van der Waals surface area (Å²) in [5, 5.41) is 6.87. The van der Waals surface area contributed by atoms with Crippen LogP contribution in [0.15, 0.2) is 60.9 Å². The van der Waals surface area contributed by atoms with E-state index in [0.29, 0.717) is 11.1 Å². The Kier molecular flexibility index (Phi) is 3.43. The van der Waals surface area contributed by atoms with E-state index >= 15 is 0 Å². The van der Waals surface area contributed by atoms with Crippen molar-refractivity contribution in [1.29, 1.82) is 0 Å². The first kappa shape index (κ1) is 14.9. The average Bonchev–Trinajstić information content (AvgIpc) is 2.96. The molecule has 1 aliphatic heterocycles. The Morgan fingerprint density at radius 3 is 2.68 bits per heavy atom. The van der Waals surface area contributed by atoms with E-state index in [4.69, 9.17) is 5.73 Å². The molecule has 2 amide bonds. The van der Waals surface area contributed by atoms with Gasteiger partial charge in [0.15, 0.2) is 0 Å². The molecule has 0 unspecified atom stereocenters.